The molecule has 0 aliphatic rings. The predicted octanol–water partition coefficient (Wildman–Crippen LogP) is 6.43. The second kappa shape index (κ2) is 14.1. The van der Waals surface area contributed by atoms with Crippen LogP contribution in [0.5, 0.6) is 0 Å². The van der Waals surface area contributed by atoms with Crippen molar-refractivity contribution < 1.29 is 4.79 Å². The molecule has 0 unspecified atom stereocenters. The fraction of sp³-hybridized carbons (Fsp3) is 0.682. The minimum Gasteiger partial charge on any atom is -0.352 e. The number of unbranched alkanes of at least 4 members (excludes halogenated alkanes) is 11. The van der Waals surface area contributed by atoms with E-state index in [1.165, 1.54) is 70.6 Å². The Morgan fingerprint density at radius 1 is 0.833 bits per heavy atom. The van der Waals surface area contributed by atoms with E-state index in [1.807, 2.05) is 31.2 Å². The molecule has 0 aliphatic carbocycles. The summed E-state index contributed by atoms with van der Waals surface area (Å²) >= 11 is 0. The van der Waals surface area contributed by atoms with Crippen molar-refractivity contribution in [3.63, 3.8) is 0 Å². The Kier molecular flexibility index (Phi) is 12.2. The molecular weight excluding hydrogens is 294 g/mol. The first kappa shape index (κ1) is 20.7. The van der Waals surface area contributed by atoms with E-state index in [1.54, 1.807) is 0 Å². The van der Waals surface area contributed by atoms with E-state index in [9.17, 15) is 4.79 Å². The molecule has 0 aliphatic heterocycles. The van der Waals surface area contributed by atoms with Crippen LogP contribution in [0.2, 0.25) is 0 Å². The number of hydrogen-bond donors (Lipinski definition) is 1. The van der Waals surface area contributed by atoms with Crippen LogP contribution in [0.25, 0.3) is 0 Å². The van der Waals surface area contributed by atoms with Gasteiger partial charge in [-0.3, -0.25) is 4.79 Å². The van der Waals surface area contributed by atoms with Gasteiger partial charge in [0, 0.05) is 12.1 Å². The second-order valence-electron chi connectivity index (χ2n) is 7.01. The summed E-state index contributed by atoms with van der Waals surface area (Å²) < 4.78 is 0. The summed E-state index contributed by atoms with van der Waals surface area (Å²) in [5.41, 5.74) is 1.90. The number of aryl methyl sites for hydroxylation is 1. The van der Waals surface area contributed by atoms with Gasteiger partial charge in [0.2, 0.25) is 0 Å². The van der Waals surface area contributed by atoms with Gasteiger partial charge in [0.15, 0.2) is 0 Å². The Morgan fingerprint density at radius 3 is 1.92 bits per heavy atom. The lowest BCUT2D eigenvalue weighted by Crippen LogP contribution is -2.24. The highest BCUT2D eigenvalue weighted by atomic mass is 16.1. The minimum absolute atomic E-state index is 0.0572. The van der Waals surface area contributed by atoms with Gasteiger partial charge in [-0.25, -0.2) is 0 Å². The molecule has 2 nitrogen and oxygen atoms in total. The summed E-state index contributed by atoms with van der Waals surface area (Å²) in [6, 6.07) is 7.78. The molecule has 1 aromatic rings. The van der Waals surface area contributed by atoms with Gasteiger partial charge >= 0.3 is 0 Å². The maximum atomic E-state index is 12.0. The molecule has 0 radical (unpaired) electrons. The summed E-state index contributed by atoms with van der Waals surface area (Å²) in [5.74, 6) is 0.0572. The Hall–Kier alpha value is -1.31. The first-order valence-electron chi connectivity index (χ1n) is 10.1. The van der Waals surface area contributed by atoms with Gasteiger partial charge in [-0.15, -0.1) is 0 Å². The standard InChI is InChI=1S/C22H37NO/c1-3-4-5-6-7-8-9-10-11-12-13-14-18-23-22(24)21-17-15-16-20(2)19-21/h15-17,19H,3-14,18H2,1-2H3,(H,23,24). The van der Waals surface area contributed by atoms with E-state index < -0.39 is 0 Å². The van der Waals surface area contributed by atoms with Gasteiger partial charge in [-0.05, 0) is 25.5 Å². The van der Waals surface area contributed by atoms with E-state index in [2.05, 4.69) is 12.2 Å². The molecule has 1 rings (SSSR count). The van der Waals surface area contributed by atoms with Crippen molar-refractivity contribution in [2.75, 3.05) is 6.54 Å². The first-order valence-corrected chi connectivity index (χ1v) is 10.1. The van der Waals surface area contributed by atoms with E-state index in [-0.39, 0.29) is 5.91 Å². The van der Waals surface area contributed by atoms with E-state index in [0.29, 0.717) is 0 Å². The minimum atomic E-state index is 0.0572. The van der Waals surface area contributed by atoms with Gasteiger partial charge in [-0.2, -0.15) is 0 Å². The normalized spacial score (nSPS) is 10.8. The maximum absolute atomic E-state index is 12.0. The lowest BCUT2D eigenvalue weighted by Gasteiger charge is -2.06. The highest BCUT2D eigenvalue weighted by Crippen LogP contribution is 2.11. The first-order chi connectivity index (χ1) is 11.7. The fourth-order valence-electron chi connectivity index (χ4n) is 3.06. The number of amides is 1. The van der Waals surface area contributed by atoms with Gasteiger partial charge in [-0.1, -0.05) is 95.2 Å². The quantitative estimate of drug-likeness (QED) is 0.391. The molecule has 0 saturated carbocycles. The number of nitrogens with one attached hydrogen (secondary N) is 1. The van der Waals surface area contributed by atoms with Gasteiger partial charge in [0.1, 0.15) is 0 Å². The monoisotopic (exact) mass is 331 g/mol. The van der Waals surface area contributed by atoms with Crippen LogP contribution in [-0.4, -0.2) is 12.5 Å². The summed E-state index contributed by atoms with van der Waals surface area (Å²) in [6.07, 6.45) is 16.2. The lowest BCUT2D eigenvalue weighted by atomic mass is 10.1. The zero-order valence-electron chi connectivity index (χ0n) is 15.9. The van der Waals surface area contributed by atoms with Crippen LogP contribution in [0.3, 0.4) is 0 Å². The number of rotatable bonds is 14. The zero-order chi connectivity index (χ0) is 17.5. The van der Waals surface area contributed by atoms with Crippen LogP contribution in [-0.2, 0) is 0 Å². The van der Waals surface area contributed by atoms with Crippen LogP contribution >= 0.6 is 0 Å². The van der Waals surface area contributed by atoms with Crippen molar-refractivity contribution in [1.29, 1.82) is 0 Å². The average molecular weight is 332 g/mol. The largest absolute Gasteiger partial charge is 0.352 e. The van der Waals surface area contributed by atoms with E-state index in [0.717, 1.165) is 24.1 Å². The molecule has 0 aromatic heterocycles. The Bertz CT molecular complexity index is 441. The highest BCUT2D eigenvalue weighted by molar-refractivity contribution is 5.94. The van der Waals surface area contributed by atoms with Crippen molar-refractivity contribution >= 4 is 5.91 Å². The Balaban J connectivity index is 1.88. The topological polar surface area (TPSA) is 29.1 Å². The fourth-order valence-corrected chi connectivity index (χ4v) is 3.06. The molecule has 136 valence electrons. The van der Waals surface area contributed by atoms with Crippen LogP contribution in [0.4, 0.5) is 0 Å². The Labute approximate surface area is 149 Å². The number of carbonyl (C=O) groups excluding carboxylic acids is 1. The smallest absolute Gasteiger partial charge is 0.251 e. The molecule has 0 fully saturated rings. The van der Waals surface area contributed by atoms with Crippen molar-refractivity contribution in [3.05, 3.63) is 35.4 Å². The summed E-state index contributed by atoms with van der Waals surface area (Å²) in [6.45, 7) is 5.08. The van der Waals surface area contributed by atoms with Crippen molar-refractivity contribution in [2.45, 2.75) is 90.9 Å². The molecule has 0 spiro atoms. The predicted molar refractivity (Wildman–Crippen MR) is 105 cm³/mol. The molecule has 0 atom stereocenters. The Morgan fingerprint density at radius 2 is 1.38 bits per heavy atom. The second-order valence-corrected chi connectivity index (χ2v) is 7.01. The molecule has 2 heteroatoms. The molecule has 1 amide bonds. The van der Waals surface area contributed by atoms with Gasteiger partial charge in [0.25, 0.3) is 5.91 Å². The maximum Gasteiger partial charge on any atom is 0.251 e. The lowest BCUT2D eigenvalue weighted by molar-refractivity contribution is 0.0953. The summed E-state index contributed by atoms with van der Waals surface area (Å²) in [7, 11) is 0. The number of hydrogen-bond acceptors (Lipinski definition) is 1. The van der Waals surface area contributed by atoms with Crippen molar-refractivity contribution in [2.24, 2.45) is 0 Å². The molecule has 0 saturated heterocycles. The molecular formula is C22H37NO. The molecule has 0 heterocycles. The molecule has 0 bridgehead atoms. The van der Waals surface area contributed by atoms with Gasteiger partial charge in [0.05, 0.1) is 0 Å². The zero-order valence-corrected chi connectivity index (χ0v) is 15.9. The summed E-state index contributed by atoms with van der Waals surface area (Å²) in [5, 5.41) is 3.02. The third-order valence-electron chi connectivity index (χ3n) is 4.60. The SMILES string of the molecule is CCCCCCCCCCCCCCNC(=O)c1cccc(C)c1. The van der Waals surface area contributed by atoms with Crippen molar-refractivity contribution in [1.82, 2.24) is 5.32 Å². The van der Waals surface area contributed by atoms with Crippen LogP contribution in [0.15, 0.2) is 24.3 Å². The molecule has 1 aromatic carbocycles. The van der Waals surface area contributed by atoms with Gasteiger partial charge < -0.3 is 5.32 Å². The molecule has 24 heavy (non-hydrogen) atoms. The van der Waals surface area contributed by atoms with E-state index in [4.69, 9.17) is 0 Å². The average Bonchev–Trinajstić information content (AvgIpc) is 2.59. The van der Waals surface area contributed by atoms with E-state index >= 15 is 0 Å². The summed E-state index contributed by atoms with van der Waals surface area (Å²) in [4.78, 5) is 12.0. The highest BCUT2D eigenvalue weighted by Gasteiger charge is 2.03. The van der Waals surface area contributed by atoms with Crippen LogP contribution in [0.1, 0.15) is 99.9 Å². The van der Waals surface area contributed by atoms with Crippen LogP contribution < -0.4 is 5.32 Å². The number of carbonyl (C=O) groups is 1. The van der Waals surface area contributed by atoms with Crippen LogP contribution in [0, 0.1) is 6.92 Å². The third kappa shape index (κ3) is 10.5. The third-order valence-corrected chi connectivity index (χ3v) is 4.60. The van der Waals surface area contributed by atoms with Crippen molar-refractivity contribution in [3.8, 4) is 0 Å². The molecule has 1 N–H and O–H groups in total. The number of benzene rings is 1.